The molecule has 1 aliphatic heterocycles. The van der Waals surface area contributed by atoms with E-state index in [0.29, 0.717) is 35.7 Å². The zero-order valence-electron chi connectivity index (χ0n) is 18.8. The van der Waals surface area contributed by atoms with Crippen LogP contribution in [0.1, 0.15) is 47.1 Å². The van der Waals surface area contributed by atoms with Crippen molar-refractivity contribution in [1.29, 1.82) is 0 Å². The number of benzene rings is 2. The summed E-state index contributed by atoms with van der Waals surface area (Å²) >= 11 is 0. The Morgan fingerprint density at radius 1 is 1.06 bits per heavy atom. The number of hydrogen-bond donors (Lipinski definition) is 2. The molecule has 7 heteroatoms. The van der Waals surface area contributed by atoms with E-state index in [1.54, 1.807) is 25.3 Å². The number of piperazine rings is 1. The van der Waals surface area contributed by atoms with Crippen LogP contribution in [0.3, 0.4) is 0 Å². The van der Waals surface area contributed by atoms with Gasteiger partial charge in [0.05, 0.1) is 12.7 Å². The lowest BCUT2D eigenvalue weighted by Crippen LogP contribution is -2.48. The minimum absolute atomic E-state index is 0.0441. The van der Waals surface area contributed by atoms with Crippen LogP contribution in [0.5, 0.6) is 5.75 Å². The predicted octanol–water partition coefficient (Wildman–Crippen LogP) is 2.76. The lowest BCUT2D eigenvalue weighted by atomic mass is 10.1. The largest absolute Gasteiger partial charge is 0.496 e. The minimum atomic E-state index is -0.275. The van der Waals surface area contributed by atoms with Gasteiger partial charge in [-0.25, -0.2) is 0 Å². The van der Waals surface area contributed by atoms with Crippen molar-refractivity contribution in [3.05, 3.63) is 59.2 Å². The summed E-state index contributed by atoms with van der Waals surface area (Å²) in [5.74, 6) is 0.386. The number of rotatable bonds is 5. The Morgan fingerprint density at radius 3 is 2.42 bits per heavy atom. The number of carbonyl (C=O) groups excluding carboxylic acids is 2. The third kappa shape index (κ3) is 5.98. The lowest BCUT2D eigenvalue weighted by molar-refractivity contribution is 0.0625. The van der Waals surface area contributed by atoms with Gasteiger partial charge in [0.15, 0.2) is 0 Å². The molecule has 31 heavy (non-hydrogen) atoms. The van der Waals surface area contributed by atoms with E-state index in [9.17, 15) is 9.59 Å². The molecule has 1 saturated heterocycles. The van der Waals surface area contributed by atoms with Crippen LogP contribution in [-0.4, -0.2) is 60.4 Å². The SMILES string of the molecule is COc1cc(N)ccc1C(=O)N1CCN(Cc2cccc(C(=O)NC(C)(C)C)c2)CC1. The molecule has 0 atom stereocenters. The fourth-order valence-corrected chi connectivity index (χ4v) is 3.65. The zero-order valence-corrected chi connectivity index (χ0v) is 18.8. The van der Waals surface area contributed by atoms with Crippen LogP contribution >= 0.6 is 0 Å². The average molecular weight is 425 g/mol. The van der Waals surface area contributed by atoms with E-state index >= 15 is 0 Å². The van der Waals surface area contributed by atoms with Crippen LogP contribution in [0.25, 0.3) is 0 Å². The summed E-state index contributed by atoms with van der Waals surface area (Å²) < 4.78 is 5.33. The van der Waals surface area contributed by atoms with Crippen molar-refractivity contribution in [3.8, 4) is 5.75 Å². The number of nitrogens with two attached hydrogens (primary N) is 1. The van der Waals surface area contributed by atoms with Gasteiger partial charge in [0.25, 0.3) is 11.8 Å². The molecule has 2 amide bonds. The second-order valence-corrected chi connectivity index (χ2v) is 8.93. The van der Waals surface area contributed by atoms with E-state index < -0.39 is 0 Å². The van der Waals surface area contributed by atoms with Crippen LogP contribution in [0.2, 0.25) is 0 Å². The highest BCUT2D eigenvalue weighted by Gasteiger charge is 2.24. The molecule has 7 nitrogen and oxygen atoms in total. The van der Waals surface area contributed by atoms with E-state index in [1.165, 1.54) is 0 Å². The van der Waals surface area contributed by atoms with Crippen molar-refractivity contribution < 1.29 is 14.3 Å². The number of anilines is 1. The molecule has 3 N–H and O–H groups in total. The number of nitrogens with zero attached hydrogens (tertiary/aromatic N) is 2. The number of ether oxygens (including phenoxy) is 1. The summed E-state index contributed by atoms with van der Waals surface area (Å²) in [5, 5.41) is 3.00. The third-order valence-electron chi connectivity index (χ3n) is 5.20. The van der Waals surface area contributed by atoms with Gasteiger partial charge >= 0.3 is 0 Å². The summed E-state index contributed by atoms with van der Waals surface area (Å²) in [6.07, 6.45) is 0. The van der Waals surface area contributed by atoms with E-state index in [-0.39, 0.29) is 17.4 Å². The molecule has 0 saturated carbocycles. The Balaban J connectivity index is 1.59. The van der Waals surface area contributed by atoms with Gasteiger partial charge < -0.3 is 20.7 Å². The molecule has 0 aromatic heterocycles. The highest BCUT2D eigenvalue weighted by Crippen LogP contribution is 2.23. The Bertz CT molecular complexity index is 944. The number of methoxy groups -OCH3 is 1. The van der Waals surface area contributed by atoms with Crippen LogP contribution < -0.4 is 15.8 Å². The number of amides is 2. The van der Waals surface area contributed by atoms with Crippen LogP contribution in [0.4, 0.5) is 5.69 Å². The molecule has 2 aromatic rings. The van der Waals surface area contributed by atoms with Crippen molar-refractivity contribution in [3.63, 3.8) is 0 Å². The smallest absolute Gasteiger partial charge is 0.257 e. The maximum Gasteiger partial charge on any atom is 0.257 e. The van der Waals surface area contributed by atoms with Crippen molar-refractivity contribution in [2.45, 2.75) is 32.9 Å². The molecule has 2 aromatic carbocycles. The van der Waals surface area contributed by atoms with Crippen LogP contribution in [0.15, 0.2) is 42.5 Å². The fraction of sp³-hybridized carbons (Fsp3) is 0.417. The molecular weight excluding hydrogens is 392 g/mol. The zero-order chi connectivity index (χ0) is 22.6. The quantitative estimate of drug-likeness (QED) is 0.721. The summed E-state index contributed by atoms with van der Waals surface area (Å²) in [6, 6.07) is 12.8. The van der Waals surface area contributed by atoms with Gasteiger partial charge in [0, 0.05) is 55.6 Å². The Labute approximate surface area is 184 Å². The van der Waals surface area contributed by atoms with Gasteiger partial charge in [-0.05, 0) is 50.6 Å². The molecule has 1 heterocycles. The highest BCUT2D eigenvalue weighted by molar-refractivity contribution is 5.97. The highest BCUT2D eigenvalue weighted by atomic mass is 16.5. The van der Waals surface area contributed by atoms with Crippen LogP contribution in [0, 0.1) is 0 Å². The Morgan fingerprint density at radius 2 is 1.77 bits per heavy atom. The molecule has 0 aliphatic carbocycles. The van der Waals surface area contributed by atoms with Gasteiger partial charge in [-0.15, -0.1) is 0 Å². The summed E-state index contributed by atoms with van der Waals surface area (Å²) in [7, 11) is 1.54. The maximum atomic E-state index is 12.9. The van der Waals surface area contributed by atoms with Gasteiger partial charge in [0.1, 0.15) is 5.75 Å². The normalized spacial score (nSPS) is 14.9. The van der Waals surface area contributed by atoms with Gasteiger partial charge in [-0.2, -0.15) is 0 Å². The summed E-state index contributed by atoms with van der Waals surface area (Å²) in [6.45, 7) is 9.44. The molecule has 0 bridgehead atoms. The van der Waals surface area contributed by atoms with Crippen molar-refractivity contribution in [1.82, 2.24) is 15.1 Å². The monoisotopic (exact) mass is 424 g/mol. The van der Waals surface area contributed by atoms with Crippen molar-refractivity contribution in [2.24, 2.45) is 0 Å². The van der Waals surface area contributed by atoms with E-state index in [0.717, 1.165) is 25.2 Å². The molecule has 1 aliphatic rings. The van der Waals surface area contributed by atoms with Crippen LogP contribution in [-0.2, 0) is 6.54 Å². The van der Waals surface area contributed by atoms with Gasteiger partial charge in [-0.1, -0.05) is 12.1 Å². The third-order valence-corrected chi connectivity index (χ3v) is 5.20. The molecule has 0 spiro atoms. The van der Waals surface area contributed by atoms with E-state index in [2.05, 4.69) is 10.2 Å². The molecule has 1 fully saturated rings. The van der Waals surface area contributed by atoms with Gasteiger partial charge in [-0.3, -0.25) is 14.5 Å². The topological polar surface area (TPSA) is 87.9 Å². The molecule has 166 valence electrons. The van der Waals surface area contributed by atoms with Crippen molar-refractivity contribution >= 4 is 17.5 Å². The first kappa shape index (κ1) is 22.6. The first-order valence-electron chi connectivity index (χ1n) is 10.5. The second kappa shape index (κ2) is 9.39. The molecule has 0 radical (unpaired) electrons. The molecular formula is C24H32N4O3. The van der Waals surface area contributed by atoms with Crippen molar-refractivity contribution in [2.75, 3.05) is 39.0 Å². The minimum Gasteiger partial charge on any atom is -0.496 e. The first-order chi connectivity index (χ1) is 14.7. The standard InChI is InChI=1S/C24H32N4O3/c1-24(2,3)26-22(29)18-7-5-6-17(14-18)16-27-10-12-28(13-11-27)23(30)20-9-8-19(25)15-21(20)31-4/h5-9,14-15H,10-13,16,25H2,1-4H3,(H,26,29). The predicted molar refractivity (Wildman–Crippen MR) is 122 cm³/mol. The van der Waals surface area contributed by atoms with E-state index in [4.69, 9.17) is 10.5 Å². The second-order valence-electron chi connectivity index (χ2n) is 8.93. The Hall–Kier alpha value is -3.06. The molecule has 0 unspecified atom stereocenters. The summed E-state index contributed by atoms with van der Waals surface area (Å²) in [5.41, 5.74) is 8.37. The number of nitrogen functional groups attached to an aromatic ring is 1. The number of nitrogens with one attached hydrogen (secondary N) is 1. The number of carbonyl (C=O) groups is 2. The fourth-order valence-electron chi connectivity index (χ4n) is 3.65. The molecule has 3 rings (SSSR count). The lowest BCUT2D eigenvalue weighted by Gasteiger charge is -2.35. The average Bonchev–Trinajstić information content (AvgIpc) is 2.72. The summed E-state index contributed by atoms with van der Waals surface area (Å²) in [4.78, 5) is 29.5. The number of hydrogen-bond acceptors (Lipinski definition) is 5. The first-order valence-corrected chi connectivity index (χ1v) is 10.5. The van der Waals surface area contributed by atoms with E-state index in [1.807, 2.05) is 49.9 Å². The Kier molecular flexibility index (Phi) is 6.85. The maximum absolute atomic E-state index is 12.9. The van der Waals surface area contributed by atoms with Gasteiger partial charge in [0.2, 0.25) is 0 Å².